The van der Waals surface area contributed by atoms with Gasteiger partial charge in [0.15, 0.2) is 0 Å². The van der Waals surface area contributed by atoms with Crippen molar-refractivity contribution < 1.29 is 19.4 Å². The van der Waals surface area contributed by atoms with Crippen molar-refractivity contribution in [3.63, 3.8) is 0 Å². The summed E-state index contributed by atoms with van der Waals surface area (Å²) in [5.74, 6) is 0.0388. The number of halogens is 1. The predicted molar refractivity (Wildman–Crippen MR) is 63.6 cm³/mol. The SMILES string of the molecule is CCc1c(F)ccc2cc(O)ccc12.O=CO. The zero-order valence-electron chi connectivity index (χ0n) is 9.35. The molecule has 0 radical (unpaired) electrons. The average molecular weight is 236 g/mol. The van der Waals surface area contributed by atoms with Gasteiger partial charge in [-0.1, -0.05) is 19.1 Å². The van der Waals surface area contributed by atoms with Gasteiger partial charge in [0.2, 0.25) is 0 Å². The van der Waals surface area contributed by atoms with E-state index in [9.17, 15) is 9.50 Å². The van der Waals surface area contributed by atoms with Crippen molar-refractivity contribution in [2.24, 2.45) is 0 Å². The third kappa shape index (κ3) is 2.93. The molecule has 0 unspecified atom stereocenters. The van der Waals surface area contributed by atoms with Crippen LogP contribution in [0.3, 0.4) is 0 Å². The second-order valence-electron chi connectivity index (χ2n) is 3.39. The van der Waals surface area contributed by atoms with Gasteiger partial charge in [-0.25, -0.2) is 4.39 Å². The standard InChI is InChI=1S/C12H11FO.CH2O2/c1-2-10-11-5-4-9(14)7-8(11)3-6-12(10)13;2-1-3/h3-7,14H,2H2,1H3;1H,(H,2,3). The predicted octanol–water partition coefficient (Wildman–Crippen LogP) is 2.95. The van der Waals surface area contributed by atoms with Crippen molar-refractivity contribution in [3.8, 4) is 5.75 Å². The molecule has 0 aliphatic heterocycles. The van der Waals surface area contributed by atoms with Gasteiger partial charge >= 0.3 is 0 Å². The molecule has 90 valence electrons. The quantitative estimate of drug-likeness (QED) is 0.748. The summed E-state index contributed by atoms with van der Waals surface area (Å²) in [5.41, 5.74) is 0.711. The summed E-state index contributed by atoms with van der Waals surface area (Å²) in [6.45, 7) is 1.67. The third-order valence-electron chi connectivity index (χ3n) is 2.41. The summed E-state index contributed by atoms with van der Waals surface area (Å²) in [6, 6.07) is 8.12. The van der Waals surface area contributed by atoms with E-state index in [4.69, 9.17) is 9.90 Å². The smallest absolute Gasteiger partial charge is 0.290 e. The number of benzene rings is 2. The molecular formula is C13H13FO3. The van der Waals surface area contributed by atoms with Crippen molar-refractivity contribution in [2.45, 2.75) is 13.3 Å². The number of hydrogen-bond acceptors (Lipinski definition) is 2. The summed E-state index contributed by atoms with van der Waals surface area (Å²) >= 11 is 0. The molecule has 0 aliphatic rings. The number of phenolic OH excluding ortho intramolecular Hbond substituents is 1. The van der Waals surface area contributed by atoms with Crippen LogP contribution in [0.4, 0.5) is 4.39 Å². The van der Waals surface area contributed by atoms with E-state index in [2.05, 4.69) is 0 Å². The molecule has 3 nitrogen and oxygen atoms in total. The van der Waals surface area contributed by atoms with Crippen LogP contribution < -0.4 is 0 Å². The molecule has 2 aromatic carbocycles. The molecule has 0 aliphatic carbocycles. The molecule has 0 amide bonds. The highest BCUT2D eigenvalue weighted by atomic mass is 19.1. The Bertz CT molecular complexity index is 523. The number of phenols is 1. The molecule has 17 heavy (non-hydrogen) atoms. The molecule has 2 N–H and O–H groups in total. The summed E-state index contributed by atoms with van der Waals surface area (Å²) in [5, 5.41) is 17.9. The van der Waals surface area contributed by atoms with Crippen LogP contribution in [0.1, 0.15) is 12.5 Å². The van der Waals surface area contributed by atoms with E-state index < -0.39 is 0 Å². The Hall–Kier alpha value is -2.10. The molecule has 0 saturated heterocycles. The number of carboxylic acid groups (broad SMARTS) is 1. The third-order valence-corrected chi connectivity index (χ3v) is 2.41. The first kappa shape index (κ1) is 13.0. The largest absolute Gasteiger partial charge is 0.508 e. The average Bonchev–Trinajstić information content (AvgIpc) is 2.30. The van der Waals surface area contributed by atoms with E-state index in [1.54, 1.807) is 24.3 Å². The zero-order chi connectivity index (χ0) is 12.8. The Morgan fingerprint density at radius 1 is 1.29 bits per heavy atom. The van der Waals surface area contributed by atoms with Crippen molar-refractivity contribution >= 4 is 17.2 Å². The maximum atomic E-state index is 13.4. The maximum absolute atomic E-state index is 13.4. The van der Waals surface area contributed by atoms with E-state index in [-0.39, 0.29) is 18.0 Å². The lowest BCUT2D eigenvalue weighted by Gasteiger charge is -2.05. The highest BCUT2D eigenvalue weighted by Gasteiger charge is 2.05. The molecule has 4 heteroatoms. The molecule has 0 saturated carbocycles. The summed E-state index contributed by atoms with van der Waals surface area (Å²) in [7, 11) is 0. The van der Waals surface area contributed by atoms with Crippen molar-refractivity contribution in [1.82, 2.24) is 0 Å². The van der Waals surface area contributed by atoms with Gasteiger partial charge in [-0.15, -0.1) is 0 Å². The van der Waals surface area contributed by atoms with Crippen molar-refractivity contribution in [3.05, 3.63) is 41.7 Å². The zero-order valence-corrected chi connectivity index (χ0v) is 9.35. The van der Waals surface area contributed by atoms with E-state index in [1.807, 2.05) is 6.92 Å². The lowest BCUT2D eigenvalue weighted by molar-refractivity contribution is -0.122. The second kappa shape index (κ2) is 5.84. The van der Waals surface area contributed by atoms with Gasteiger partial charge in [0.05, 0.1) is 0 Å². The van der Waals surface area contributed by atoms with Crippen LogP contribution >= 0.6 is 0 Å². The molecule has 0 spiro atoms. The molecule has 0 fully saturated rings. The second-order valence-corrected chi connectivity index (χ2v) is 3.39. The molecular weight excluding hydrogens is 223 g/mol. The van der Waals surface area contributed by atoms with Crippen molar-refractivity contribution in [1.29, 1.82) is 0 Å². The molecule has 0 bridgehead atoms. The molecule has 2 aromatic rings. The minimum absolute atomic E-state index is 0.175. The molecule has 2 rings (SSSR count). The summed E-state index contributed by atoms with van der Waals surface area (Å²) < 4.78 is 13.4. The minimum atomic E-state index is -0.250. The number of aryl methyl sites for hydroxylation is 1. The van der Waals surface area contributed by atoms with Crippen LogP contribution in [-0.4, -0.2) is 16.7 Å². The first-order chi connectivity index (χ1) is 8.13. The van der Waals surface area contributed by atoms with Crippen LogP contribution in [0.25, 0.3) is 10.8 Å². The lowest BCUT2D eigenvalue weighted by Crippen LogP contribution is -1.89. The normalized spacial score (nSPS) is 9.53. The van der Waals surface area contributed by atoms with E-state index in [1.165, 1.54) is 6.07 Å². The Labute approximate surface area is 98.1 Å². The Balaban J connectivity index is 0.000000437. The van der Waals surface area contributed by atoms with E-state index in [0.717, 1.165) is 10.8 Å². The van der Waals surface area contributed by atoms with Gasteiger partial charge in [0.25, 0.3) is 6.47 Å². The number of hydrogen-bond donors (Lipinski definition) is 2. The maximum Gasteiger partial charge on any atom is 0.290 e. The minimum Gasteiger partial charge on any atom is -0.508 e. The lowest BCUT2D eigenvalue weighted by atomic mass is 10.0. The van der Waals surface area contributed by atoms with Gasteiger partial charge in [0, 0.05) is 0 Å². The van der Waals surface area contributed by atoms with Crippen LogP contribution in [-0.2, 0) is 11.2 Å². The fraction of sp³-hybridized carbons (Fsp3) is 0.154. The summed E-state index contributed by atoms with van der Waals surface area (Å²) in [6.07, 6.45) is 0.661. The van der Waals surface area contributed by atoms with Gasteiger partial charge in [0.1, 0.15) is 11.6 Å². The van der Waals surface area contributed by atoms with E-state index in [0.29, 0.717) is 12.0 Å². The van der Waals surface area contributed by atoms with Gasteiger partial charge < -0.3 is 10.2 Å². The van der Waals surface area contributed by atoms with Gasteiger partial charge in [-0.3, -0.25) is 4.79 Å². The first-order valence-electron chi connectivity index (χ1n) is 5.12. The number of fused-ring (bicyclic) bond motifs is 1. The number of aromatic hydroxyl groups is 1. The highest BCUT2D eigenvalue weighted by molar-refractivity contribution is 5.87. The van der Waals surface area contributed by atoms with Crippen LogP contribution in [0.5, 0.6) is 5.75 Å². The molecule has 0 atom stereocenters. The Kier molecular flexibility index (Phi) is 4.46. The van der Waals surface area contributed by atoms with Gasteiger partial charge in [-0.05, 0) is 41.0 Å². The van der Waals surface area contributed by atoms with Gasteiger partial charge in [-0.2, -0.15) is 0 Å². The fourth-order valence-corrected chi connectivity index (χ4v) is 1.71. The number of carbonyl (C=O) groups is 1. The van der Waals surface area contributed by atoms with Crippen LogP contribution in [0.15, 0.2) is 30.3 Å². The highest BCUT2D eigenvalue weighted by Crippen LogP contribution is 2.25. The topological polar surface area (TPSA) is 57.5 Å². The fourth-order valence-electron chi connectivity index (χ4n) is 1.71. The Morgan fingerprint density at radius 2 is 1.94 bits per heavy atom. The molecule has 0 aromatic heterocycles. The first-order valence-corrected chi connectivity index (χ1v) is 5.12. The van der Waals surface area contributed by atoms with E-state index >= 15 is 0 Å². The summed E-state index contributed by atoms with van der Waals surface area (Å²) in [4.78, 5) is 8.36. The van der Waals surface area contributed by atoms with Crippen LogP contribution in [0.2, 0.25) is 0 Å². The monoisotopic (exact) mass is 236 g/mol. The molecule has 0 heterocycles. The van der Waals surface area contributed by atoms with Crippen LogP contribution in [0, 0.1) is 5.82 Å². The Morgan fingerprint density at radius 3 is 2.53 bits per heavy atom. The van der Waals surface area contributed by atoms with Crippen molar-refractivity contribution in [2.75, 3.05) is 0 Å². The number of rotatable bonds is 1.